The van der Waals surface area contributed by atoms with Gasteiger partial charge >= 0.3 is 0 Å². The van der Waals surface area contributed by atoms with Gasteiger partial charge in [-0.2, -0.15) is 0 Å². The van der Waals surface area contributed by atoms with Gasteiger partial charge in [0.05, 0.1) is 0 Å². The SMILES string of the molecule is O=C1c2ccc(CCO)cc2C(=O)c2cc(CCO)ccc21. The molecule has 0 saturated carbocycles. The number of carbonyl (C=O) groups excluding carboxylic acids is 2. The second-order valence-corrected chi connectivity index (χ2v) is 5.37. The van der Waals surface area contributed by atoms with E-state index < -0.39 is 0 Å². The predicted molar refractivity (Wildman–Crippen MR) is 81.3 cm³/mol. The fourth-order valence-electron chi connectivity index (χ4n) is 2.81. The number of benzene rings is 2. The first-order valence-corrected chi connectivity index (χ1v) is 7.22. The molecule has 2 N–H and O–H groups in total. The van der Waals surface area contributed by atoms with E-state index in [1.807, 2.05) is 0 Å². The number of hydrogen-bond donors (Lipinski definition) is 2. The van der Waals surface area contributed by atoms with Gasteiger partial charge in [0.25, 0.3) is 0 Å². The van der Waals surface area contributed by atoms with Gasteiger partial charge in [-0.1, -0.05) is 24.3 Å². The molecule has 0 saturated heterocycles. The fraction of sp³-hybridized carbons (Fsp3) is 0.222. The molecule has 2 aromatic rings. The number of ketones is 2. The zero-order valence-corrected chi connectivity index (χ0v) is 12.0. The van der Waals surface area contributed by atoms with Crippen LogP contribution in [0.5, 0.6) is 0 Å². The van der Waals surface area contributed by atoms with Crippen molar-refractivity contribution in [1.29, 1.82) is 0 Å². The van der Waals surface area contributed by atoms with Gasteiger partial charge in [-0.05, 0) is 36.1 Å². The second kappa shape index (κ2) is 5.83. The lowest BCUT2D eigenvalue weighted by atomic mass is 9.82. The Kier molecular flexibility index (Phi) is 3.88. The van der Waals surface area contributed by atoms with Crippen LogP contribution in [0.1, 0.15) is 43.0 Å². The summed E-state index contributed by atoms with van der Waals surface area (Å²) in [5.74, 6) is -0.333. The quantitative estimate of drug-likeness (QED) is 0.765. The van der Waals surface area contributed by atoms with Crippen LogP contribution < -0.4 is 0 Å². The summed E-state index contributed by atoms with van der Waals surface area (Å²) < 4.78 is 0. The maximum Gasteiger partial charge on any atom is 0.194 e. The topological polar surface area (TPSA) is 74.6 Å². The molecule has 112 valence electrons. The van der Waals surface area contributed by atoms with Crippen LogP contribution in [0.2, 0.25) is 0 Å². The Morgan fingerprint density at radius 2 is 1.05 bits per heavy atom. The number of fused-ring (bicyclic) bond motifs is 2. The van der Waals surface area contributed by atoms with Crippen molar-refractivity contribution in [2.24, 2.45) is 0 Å². The smallest absolute Gasteiger partial charge is 0.194 e. The van der Waals surface area contributed by atoms with Crippen LogP contribution in [-0.4, -0.2) is 35.0 Å². The molecule has 0 aliphatic heterocycles. The Bertz CT molecular complexity index is 700. The van der Waals surface area contributed by atoms with Gasteiger partial charge in [0, 0.05) is 35.5 Å². The Balaban J connectivity index is 2.11. The van der Waals surface area contributed by atoms with E-state index in [2.05, 4.69) is 0 Å². The molecule has 2 aromatic carbocycles. The lowest BCUT2D eigenvalue weighted by Crippen LogP contribution is -2.21. The van der Waals surface area contributed by atoms with Crippen LogP contribution >= 0.6 is 0 Å². The zero-order valence-electron chi connectivity index (χ0n) is 12.0. The summed E-state index contributed by atoms with van der Waals surface area (Å²) in [5.41, 5.74) is 3.27. The summed E-state index contributed by atoms with van der Waals surface area (Å²) in [5, 5.41) is 18.0. The minimum absolute atomic E-state index is 0.00183. The first kappa shape index (κ1) is 14.6. The van der Waals surface area contributed by atoms with Crippen molar-refractivity contribution in [2.45, 2.75) is 12.8 Å². The Morgan fingerprint density at radius 1 is 0.636 bits per heavy atom. The molecule has 4 nitrogen and oxygen atoms in total. The van der Waals surface area contributed by atoms with Crippen molar-refractivity contribution in [3.05, 3.63) is 69.8 Å². The van der Waals surface area contributed by atoms with E-state index in [-0.39, 0.29) is 24.8 Å². The van der Waals surface area contributed by atoms with Crippen molar-refractivity contribution in [2.75, 3.05) is 13.2 Å². The molecule has 0 aromatic heterocycles. The molecule has 1 aliphatic rings. The molecule has 0 unspecified atom stereocenters. The molecular formula is C18H16O4. The van der Waals surface area contributed by atoms with E-state index >= 15 is 0 Å². The van der Waals surface area contributed by atoms with E-state index in [9.17, 15) is 9.59 Å². The lowest BCUT2D eigenvalue weighted by Gasteiger charge is -2.19. The van der Waals surface area contributed by atoms with Gasteiger partial charge in [-0.15, -0.1) is 0 Å². The van der Waals surface area contributed by atoms with Gasteiger partial charge in [-0.25, -0.2) is 0 Å². The highest BCUT2D eigenvalue weighted by molar-refractivity contribution is 6.28. The highest BCUT2D eigenvalue weighted by atomic mass is 16.3. The molecule has 0 radical (unpaired) electrons. The maximum absolute atomic E-state index is 12.7. The van der Waals surface area contributed by atoms with Crippen LogP contribution in [0, 0.1) is 0 Å². The number of aliphatic hydroxyl groups is 2. The first-order valence-electron chi connectivity index (χ1n) is 7.22. The van der Waals surface area contributed by atoms with Crippen molar-refractivity contribution < 1.29 is 19.8 Å². The van der Waals surface area contributed by atoms with Gasteiger partial charge in [0.2, 0.25) is 0 Å². The summed E-state index contributed by atoms with van der Waals surface area (Å²) in [7, 11) is 0. The number of rotatable bonds is 4. The zero-order chi connectivity index (χ0) is 15.7. The monoisotopic (exact) mass is 296 g/mol. The van der Waals surface area contributed by atoms with E-state index in [4.69, 9.17) is 10.2 Å². The van der Waals surface area contributed by atoms with Crippen LogP contribution in [0.25, 0.3) is 0 Å². The highest BCUT2D eigenvalue weighted by Crippen LogP contribution is 2.29. The molecular weight excluding hydrogens is 280 g/mol. The van der Waals surface area contributed by atoms with E-state index in [1.165, 1.54) is 0 Å². The molecule has 0 bridgehead atoms. The highest BCUT2D eigenvalue weighted by Gasteiger charge is 2.29. The fourth-order valence-corrected chi connectivity index (χ4v) is 2.81. The number of hydrogen-bond acceptors (Lipinski definition) is 4. The summed E-state index contributed by atoms with van der Waals surface area (Å²) in [4.78, 5) is 25.2. The standard InChI is InChI=1S/C18H16O4/c19-7-5-11-1-3-13-15(9-11)18(22)16-10-12(6-8-20)2-4-14(16)17(13)21/h1-4,9-10,19-20H,5-8H2. The molecule has 0 fully saturated rings. The summed E-state index contributed by atoms with van der Waals surface area (Å²) in [6.45, 7) is -0.00365. The van der Waals surface area contributed by atoms with Crippen LogP contribution in [-0.2, 0) is 12.8 Å². The van der Waals surface area contributed by atoms with Gasteiger partial charge in [0.1, 0.15) is 0 Å². The van der Waals surface area contributed by atoms with E-state index in [0.29, 0.717) is 35.1 Å². The van der Waals surface area contributed by atoms with Crippen LogP contribution in [0.15, 0.2) is 36.4 Å². The van der Waals surface area contributed by atoms with Gasteiger partial charge in [0.15, 0.2) is 11.6 Å². The predicted octanol–water partition coefficient (Wildman–Crippen LogP) is 1.53. The maximum atomic E-state index is 12.7. The van der Waals surface area contributed by atoms with Gasteiger partial charge < -0.3 is 10.2 Å². The van der Waals surface area contributed by atoms with Crippen molar-refractivity contribution in [3.63, 3.8) is 0 Å². The summed E-state index contributed by atoms with van der Waals surface area (Å²) >= 11 is 0. The molecule has 0 heterocycles. The molecule has 0 amide bonds. The molecule has 0 spiro atoms. The molecule has 22 heavy (non-hydrogen) atoms. The van der Waals surface area contributed by atoms with Gasteiger partial charge in [-0.3, -0.25) is 9.59 Å². The Labute approximate surface area is 128 Å². The molecule has 3 rings (SSSR count). The van der Waals surface area contributed by atoms with E-state index in [0.717, 1.165) is 11.1 Å². The van der Waals surface area contributed by atoms with Crippen molar-refractivity contribution >= 4 is 11.6 Å². The number of carbonyl (C=O) groups is 2. The van der Waals surface area contributed by atoms with Crippen molar-refractivity contribution in [3.8, 4) is 0 Å². The minimum Gasteiger partial charge on any atom is -0.396 e. The summed E-state index contributed by atoms with van der Waals surface area (Å²) in [6.07, 6.45) is 0.901. The first-order chi connectivity index (χ1) is 10.7. The minimum atomic E-state index is -0.177. The molecule has 1 aliphatic carbocycles. The largest absolute Gasteiger partial charge is 0.396 e. The normalized spacial score (nSPS) is 13.0. The van der Waals surface area contributed by atoms with Crippen LogP contribution in [0.4, 0.5) is 0 Å². The third-order valence-corrected chi connectivity index (χ3v) is 3.95. The van der Waals surface area contributed by atoms with E-state index in [1.54, 1.807) is 36.4 Å². The second-order valence-electron chi connectivity index (χ2n) is 5.37. The van der Waals surface area contributed by atoms with Crippen LogP contribution in [0.3, 0.4) is 0 Å². The average Bonchev–Trinajstić information content (AvgIpc) is 2.53. The summed E-state index contributed by atoms with van der Waals surface area (Å²) in [6, 6.07) is 10.2. The average molecular weight is 296 g/mol. The third-order valence-electron chi connectivity index (χ3n) is 3.95. The Morgan fingerprint density at radius 3 is 1.45 bits per heavy atom. The number of aliphatic hydroxyl groups excluding tert-OH is 2. The van der Waals surface area contributed by atoms with Crippen molar-refractivity contribution in [1.82, 2.24) is 0 Å². The Hall–Kier alpha value is -2.30. The molecule has 0 atom stereocenters. The third kappa shape index (κ3) is 2.36. The lowest BCUT2D eigenvalue weighted by molar-refractivity contribution is 0.0979. The molecule has 4 heteroatoms.